The lowest BCUT2D eigenvalue weighted by molar-refractivity contribution is 0.864. The molecule has 0 atom stereocenters. The first-order valence-corrected chi connectivity index (χ1v) is 11.5. The van der Waals surface area contributed by atoms with Gasteiger partial charge in [0.1, 0.15) is 0 Å². The van der Waals surface area contributed by atoms with Crippen LogP contribution in [0.25, 0.3) is 53.0 Å². The van der Waals surface area contributed by atoms with E-state index in [1.54, 1.807) is 0 Å². The molecule has 2 aromatic heterocycles. The van der Waals surface area contributed by atoms with E-state index in [1.165, 1.54) is 47.3 Å². The number of aromatic nitrogens is 1. The Morgan fingerprint density at radius 3 is 2.42 bits per heavy atom. The number of pyridine rings is 1. The highest BCUT2D eigenvalue weighted by molar-refractivity contribution is 7.27. The maximum absolute atomic E-state index is 8.44. The fraction of sp³-hybridized carbons (Fsp3) is 0.138. The van der Waals surface area contributed by atoms with E-state index in [2.05, 4.69) is 73.7 Å². The average molecular weight is 419 g/mol. The molecule has 0 amide bonds. The highest BCUT2D eigenvalue weighted by Crippen LogP contribution is 2.44. The number of fused-ring (bicyclic) bond motifs is 7. The van der Waals surface area contributed by atoms with E-state index in [9.17, 15) is 0 Å². The Hall–Kier alpha value is -3.23. The summed E-state index contributed by atoms with van der Waals surface area (Å²) in [6.45, 7) is 6.04. The van der Waals surface area contributed by atoms with Crippen LogP contribution in [0.4, 0.5) is 0 Å². The molecule has 0 unspecified atom stereocenters. The van der Waals surface area contributed by atoms with Gasteiger partial charge in [-0.05, 0) is 52.2 Å². The average Bonchev–Trinajstić information content (AvgIpc) is 3.17. The molecule has 0 N–H and O–H groups in total. The molecule has 0 bridgehead atoms. The summed E-state index contributed by atoms with van der Waals surface area (Å²) in [6, 6.07) is 26.1. The van der Waals surface area contributed by atoms with Crippen LogP contribution in [0.3, 0.4) is 0 Å². The molecule has 6 aromatic rings. The van der Waals surface area contributed by atoms with E-state index < -0.39 is 5.89 Å². The third kappa shape index (κ3) is 2.79. The Bertz CT molecular complexity index is 1670. The molecule has 0 aliphatic heterocycles. The summed E-state index contributed by atoms with van der Waals surface area (Å²) in [5.74, 6) is -0.654. The summed E-state index contributed by atoms with van der Waals surface area (Å²) in [5.41, 5.74) is 4.37. The monoisotopic (exact) mass is 418 g/mol. The molecule has 0 saturated carbocycles. The van der Waals surface area contributed by atoms with Crippen molar-refractivity contribution in [2.24, 2.45) is 0 Å². The van der Waals surface area contributed by atoms with Gasteiger partial charge in [0, 0.05) is 38.7 Å². The quantitative estimate of drug-likeness (QED) is 0.256. The first-order valence-electron chi connectivity index (χ1n) is 11.1. The van der Waals surface area contributed by atoms with Gasteiger partial charge in [0.05, 0.1) is 5.69 Å². The second-order valence-electron chi connectivity index (χ2n) is 8.49. The van der Waals surface area contributed by atoms with Crippen LogP contribution in [0.2, 0.25) is 0 Å². The Labute approximate surface area is 187 Å². The Morgan fingerprint density at radius 1 is 0.806 bits per heavy atom. The highest BCUT2D eigenvalue weighted by atomic mass is 32.1. The number of benzene rings is 4. The van der Waals surface area contributed by atoms with Gasteiger partial charge >= 0.3 is 0 Å². The fourth-order valence-corrected chi connectivity index (χ4v) is 6.11. The van der Waals surface area contributed by atoms with Crippen molar-refractivity contribution in [3.8, 4) is 11.3 Å². The van der Waals surface area contributed by atoms with Crippen molar-refractivity contribution in [2.45, 2.75) is 26.7 Å². The molecule has 150 valence electrons. The lowest BCUT2D eigenvalue weighted by Crippen LogP contribution is -1.90. The fourth-order valence-electron chi connectivity index (χ4n) is 4.72. The van der Waals surface area contributed by atoms with Gasteiger partial charge in [-0.1, -0.05) is 74.5 Å². The summed E-state index contributed by atoms with van der Waals surface area (Å²) < 4.78 is 11.0. The van der Waals surface area contributed by atoms with Crippen LogP contribution in [0.1, 0.15) is 32.2 Å². The van der Waals surface area contributed by atoms with Crippen molar-refractivity contribution in [1.29, 1.82) is 0 Å². The predicted octanol–water partition coefficient (Wildman–Crippen LogP) is 8.85. The highest BCUT2D eigenvalue weighted by Gasteiger charge is 2.15. The van der Waals surface area contributed by atoms with Gasteiger partial charge in [0.2, 0.25) is 0 Å². The van der Waals surface area contributed by atoms with Gasteiger partial charge in [-0.3, -0.25) is 4.98 Å². The van der Waals surface area contributed by atoms with E-state index in [4.69, 9.17) is 6.35 Å². The second-order valence-corrected chi connectivity index (χ2v) is 9.51. The molecule has 0 radical (unpaired) electrons. The lowest BCUT2D eigenvalue weighted by atomic mass is 9.96. The Kier molecular flexibility index (Phi) is 3.88. The molecule has 2 heteroatoms. The molecule has 0 aliphatic rings. The molecule has 0 fully saturated rings. The van der Waals surface area contributed by atoms with Crippen LogP contribution in [0.5, 0.6) is 0 Å². The smallest absolute Gasteiger partial charge is 0.0719 e. The van der Waals surface area contributed by atoms with E-state index >= 15 is 0 Å². The van der Waals surface area contributed by atoms with Crippen LogP contribution < -0.4 is 0 Å². The van der Waals surface area contributed by atoms with Crippen molar-refractivity contribution < 1.29 is 1.37 Å². The largest absolute Gasteiger partial charge is 0.256 e. The summed E-state index contributed by atoms with van der Waals surface area (Å²) >= 11 is 1.86. The molecular formula is C29H23NS. The first kappa shape index (κ1) is 17.5. The van der Waals surface area contributed by atoms with Crippen molar-refractivity contribution in [1.82, 2.24) is 4.98 Å². The van der Waals surface area contributed by atoms with E-state index in [0.717, 1.165) is 16.8 Å². The standard InChI is InChI=1S/C29H23NS/c1-17(2)19-13-14-30-26(16-19)25-10-6-9-23-24-12-11-20-15-18(3)21-7-4-5-8-22(21)27(20)29(24)31-28(23)25/h4-17H,1-3H3/i17D. The SMILES string of the molecule is [2H]C(C)(C)c1ccnc(-c2cccc3c2sc2c3ccc3cc(C)c4ccccc4c32)c1. The molecule has 6 rings (SSSR count). The van der Waals surface area contributed by atoms with Crippen molar-refractivity contribution in [3.63, 3.8) is 0 Å². The predicted molar refractivity (Wildman–Crippen MR) is 136 cm³/mol. The van der Waals surface area contributed by atoms with Gasteiger partial charge < -0.3 is 0 Å². The van der Waals surface area contributed by atoms with Crippen LogP contribution in [0, 0.1) is 6.92 Å². The normalized spacial score (nSPS) is 12.8. The molecule has 0 saturated heterocycles. The summed E-state index contributed by atoms with van der Waals surface area (Å²) in [5, 5.41) is 7.83. The molecule has 31 heavy (non-hydrogen) atoms. The maximum Gasteiger partial charge on any atom is 0.0719 e. The van der Waals surface area contributed by atoms with Crippen LogP contribution in [-0.4, -0.2) is 4.98 Å². The third-order valence-corrected chi connectivity index (χ3v) is 7.58. The van der Waals surface area contributed by atoms with Crippen molar-refractivity contribution in [2.75, 3.05) is 0 Å². The number of hydrogen-bond acceptors (Lipinski definition) is 2. The molecule has 1 nitrogen and oxygen atoms in total. The number of thiophene rings is 1. The Morgan fingerprint density at radius 2 is 1.58 bits per heavy atom. The Balaban J connectivity index is 1.72. The first-order chi connectivity index (χ1) is 15.4. The zero-order valence-corrected chi connectivity index (χ0v) is 18.7. The molecule has 2 heterocycles. The summed E-state index contributed by atoms with van der Waals surface area (Å²) in [6.07, 6.45) is 1.83. The minimum atomic E-state index is -0.654. The molecular weight excluding hydrogens is 394 g/mol. The van der Waals surface area contributed by atoms with Gasteiger partial charge in [-0.2, -0.15) is 0 Å². The van der Waals surface area contributed by atoms with Gasteiger partial charge in [0.25, 0.3) is 0 Å². The summed E-state index contributed by atoms with van der Waals surface area (Å²) in [7, 11) is 0. The van der Waals surface area contributed by atoms with E-state index in [0.29, 0.717) is 0 Å². The van der Waals surface area contributed by atoms with E-state index in [-0.39, 0.29) is 0 Å². The van der Waals surface area contributed by atoms with E-state index in [1.807, 2.05) is 37.4 Å². The molecule has 0 aliphatic carbocycles. The minimum absolute atomic E-state index is 0.654. The zero-order valence-electron chi connectivity index (χ0n) is 18.9. The number of rotatable bonds is 2. The van der Waals surface area contributed by atoms with Crippen molar-refractivity contribution >= 4 is 53.1 Å². The van der Waals surface area contributed by atoms with Crippen molar-refractivity contribution in [3.05, 3.63) is 90.1 Å². The zero-order chi connectivity index (χ0) is 22.0. The number of aryl methyl sites for hydroxylation is 1. The van der Waals surface area contributed by atoms with Crippen LogP contribution >= 0.6 is 11.3 Å². The van der Waals surface area contributed by atoms with Gasteiger partial charge in [-0.25, -0.2) is 0 Å². The number of hydrogen-bond donors (Lipinski definition) is 0. The molecule has 4 aromatic carbocycles. The third-order valence-electron chi connectivity index (χ3n) is 6.31. The number of nitrogens with zero attached hydrogens (tertiary/aromatic N) is 1. The second kappa shape index (κ2) is 6.90. The lowest BCUT2D eigenvalue weighted by Gasteiger charge is -2.08. The van der Waals surface area contributed by atoms with Gasteiger partial charge in [0.15, 0.2) is 0 Å². The topological polar surface area (TPSA) is 12.9 Å². The van der Waals surface area contributed by atoms with Crippen LogP contribution in [0.15, 0.2) is 79.0 Å². The summed E-state index contributed by atoms with van der Waals surface area (Å²) in [4.78, 5) is 4.69. The maximum atomic E-state index is 8.44. The minimum Gasteiger partial charge on any atom is -0.256 e. The van der Waals surface area contributed by atoms with Crippen LogP contribution in [-0.2, 0) is 0 Å². The van der Waals surface area contributed by atoms with Gasteiger partial charge in [-0.15, -0.1) is 11.3 Å². The molecule has 0 spiro atoms.